The SMILES string of the molecule is Cc1c(C(CN)C2CCCC2)c2cc(F)ccc2n1C. The molecule has 20 heavy (non-hydrogen) atoms. The maximum absolute atomic E-state index is 13.7. The molecule has 0 bridgehead atoms. The van der Waals surface area contributed by atoms with Crippen molar-refractivity contribution in [2.24, 2.45) is 18.7 Å². The van der Waals surface area contributed by atoms with E-state index in [0.29, 0.717) is 18.4 Å². The summed E-state index contributed by atoms with van der Waals surface area (Å²) in [4.78, 5) is 0. The van der Waals surface area contributed by atoms with Crippen LogP contribution in [0.2, 0.25) is 0 Å². The first-order chi connectivity index (χ1) is 9.63. The molecule has 1 aromatic heterocycles. The van der Waals surface area contributed by atoms with E-state index < -0.39 is 0 Å². The number of rotatable bonds is 3. The van der Waals surface area contributed by atoms with Gasteiger partial charge in [-0.15, -0.1) is 0 Å². The molecule has 1 atom stereocenters. The summed E-state index contributed by atoms with van der Waals surface area (Å²) >= 11 is 0. The molecule has 2 N–H and O–H groups in total. The van der Waals surface area contributed by atoms with Gasteiger partial charge in [-0.3, -0.25) is 0 Å². The third-order valence-corrected chi connectivity index (χ3v) is 5.10. The molecule has 0 aliphatic heterocycles. The molecule has 1 fully saturated rings. The van der Waals surface area contributed by atoms with Crippen molar-refractivity contribution in [3.8, 4) is 0 Å². The Hall–Kier alpha value is -1.35. The predicted molar refractivity (Wildman–Crippen MR) is 81.4 cm³/mol. The molecular weight excluding hydrogens is 251 g/mol. The van der Waals surface area contributed by atoms with Gasteiger partial charge in [0.05, 0.1) is 0 Å². The zero-order valence-corrected chi connectivity index (χ0v) is 12.3. The smallest absolute Gasteiger partial charge is 0.123 e. The lowest BCUT2D eigenvalue weighted by molar-refractivity contribution is 0.440. The number of nitrogens with two attached hydrogens (primary N) is 1. The van der Waals surface area contributed by atoms with Gasteiger partial charge in [-0.1, -0.05) is 12.8 Å². The van der Waals surface area contributed by atoms with Crippen molar-refractivity contribution in [3.05, 3.63) is 35.3 Å². The average molecular weight is 274 g/mol. The van der Waals surface area contributed by atoms with Crippen LogP contribution in [0.15, 0.2) is 18.2 Å². The molecule has 1 heterocycles. The van der Waals surface area contributed by atoms with Crippen molar-refractivity contribution >= 4 is 10.9 Å². The largest absolute Gasteiger partial charge is 0.348 e. The minimum Gasteiger partial charge on any atom is -0.348 e. The zero-order valence-electron chi connectivity index (χ0n) is 12.3. The topological polar surface area (TPSA) is 30.9 Å². The molecular formula is C17H23FN2. The Balaban J connectivity index is 2.17. The maximum Gasteiger partial charge on any atom is 0.123 e. The Morgan fingerprint density at radius 1 is 1.35 bits per heavy atom. The lowest BCUT2D eigenvalue weighted by Gasteiger charge is -2.23. The van der Waals surface area contributed by atoms with Gasteiger partial charge < -0.3 is 10.3 Å². The molecule has 1 unspecified atom stereocenters. The summed E-state index contributed by atoms with van der Waals surface area (Å²) < 4.78 is 15.8. The van der Waals surface area contributed by atoms with Gasteiger partial charge in [0.15, 0.2) is 0 Å². The second kappa shape index (κ2) is 5.21. The first-order valence-corrected chi connectivity index (χ1v) is 7.58. The lowest BCUT2D eigenvalue weighted by atomic mass is 9.83. The van der Waals surface area contributed by atoms with Crippen LogP contribution >= 0.6 is 0 Å². The van der Waals surface area contributed by atoms with Crippen molar-refractivity contribution < 1.29 is 4.39 Å². The van der Waals surface area contributed by atoms with Crippen LogP contribution < -0.4 is 5.73 Å². The van der Waals surface area contributed by atoms with Gasteiger partial charge in [0.1, 0.15) is 5.82 Å². The van der Waals surface area contributed by atoms with E-state index in [2.05, 4.69) is 18.5 Å². The summed E-state index contributed by atoms with van der Waals surface area (Å²) in [5.41, 5.74) is 9.70. The van der Waals surface area contributed by atoms with Crippen LogP contribution in [0.4, 0.5) is 4.39 Å². The van der Waals surface area contributed by atoms with E-state index in [1.807, 2.05) is 6.07 Å². The van der Waals surface area contributed by atoms with Crippen LogP contribution in [0.25, 0.3) is 10.9 Å². The van der Waals surface area contributed by atoms with E-state index in [-0.39, 0.29) is 5.82 Å². The second-order valence-electron chi connectivity index (χ2n) is 6.11. The Morgan fingerprint density at radius 2 is 2.05 bits per heavy atom. The number of benzene rings is 1. The lowest BCUT2D eigenvalue weighted by Crippen LogP contribution is -2.20. The van der Waals surface area contributed by atoms with Crippen LogP contribution in [-0.2, 0) is 7.05 Å². The van der Waals surface area contributed by atoms with Crippen LogP contribution in [0, 0.1) is 18.7 Å². The number of nitrogens with zero attached hydrogens (tertiary/aromatic N) is 1. The van der Waals surface area contributed by atoms with Crippen molar-refractivity contribution in [2.75, 3.05) is 6.54 Å². The fraction of sp³-hybridized carbons (Fsp3) is 0.529. The molecule has 0 saturated heterocycles. The van der Waals surface area contributed by atoms with Crippen LogP contribution in [0.5, 0.6) is 0 Å². The molecule has 1 saturated carbocycles. The van der Waals surface area contributed by atoms with Crippen LogP contribution in [0.3, 0.4) is 0 Å². The van der Waals surface area contributed by atoms with Gasteiger partial charge in [0.2, 0.25) is 0 Å². The summed E-state index contributed by atoms with van der Waals surface area (Å²) in [6.07, 6.45) is 5.12. The molecule has 2 nitrogen and oxygen atoms in total. The van der Waals surface area contributed by atoms with E-state index in [0.717, 1.165) is 10.9 Å². The molecule has 3 rings (SSSR count). The van der Waals surface area contributed by atoms with Gasteiger partial charge in [-0.25, -0.2) is 4.39 Å². The highest BCUT2D eigenvalue weighted by Gasteiger charge is 2.29. The third kappa shape index (κ3) is 2.05. The standard InChI is InChI=1S/C17H23FN2/c1-11-17(15(10-19)12-5-3-4-6-12)14-9-13(18)7-8-16(14)20(11)2/h7-9,12,15H,3-6,10,19H2,1-2H3. The first-order valence-electron chi connectivity index (χ1n) is 7.58. The Bertz CT molecular complexity index is 623. The van der Waals surface area contributed by atoms with E-state index in [9.17, 15) is 4.39 Å². The van der Waals surface area contributed by atoms with Crippen LogP contribution in [0.1, 0.15) is 42.9 Å². The number of hydrogen-bond acceptors (Lipinski definition) is 1. The fourth-order valence-corrected chi connectivity index (χ4v) is 3.95. The molecule has 108 valence electrons. The average Bonchev–Trinajstić information content (AvgIpc) is 3.03. The maximum atomic E-state index is 13.7. The van der Waals surface area contributed by atoms with Crippen molar-refractivity contribution in [3.63, 3.8) is 0 Å². The molecule has 1 aliphatic rings. The predicted octanol–water partition coefficient (Wildman–Crippen LogP) is 3.86. The number of fused-ring (bicyclic) bond motifs is 1. The molecule has 0 spiro atoms. The molecule has 1 aliphatic carbocycles. The van der Waals surface area contributed by atoms with Gasteiger partial charge in [-0.2, -0.15) is 0 Å². The van der Waals surface area contributed by atoms with Gasteiger partial charge in [0, 0.05) is 29.6 Å². The van der Waals surface area contributed by atoms with E-state index in [4.69, 9.17) is 5.73 Å². The quantitative estimate of drug-likeness (QED) is 0.905. The number of aryl methyl sites for hydroxylation is 1. The monoisotopic (exact) mass is 274 g/mol. The van der Waals surface area contributed by atoms with Crippen molar-refractivity contribution in [1.29, 1.82) is 0 Å². The summed E-state index contributed by atoms with van der Waals surface area (Å²) in [5, 5.41) is 1.05. The first kappa shape index (κ1) is 13.6. The second-order valence-corrected chi connectivity index (χ2v) is 6.11. The molecule has 2 aromatic rings. The summed E-state index contributed by atoms with van der Waals surface area (Å²) in [7, 11) is 2.06. The Kier molecular flexibility index (Phi) is 3.55. The number of hydrogen-bond donors (Lipinski definition) is 1. The number of aromatic nitrogens is 1. The molecule has 3 heteroatoms. The van der Waals surface area contributed by atoms with Crippen LogP contribution in [-0.4, -0.2) is 11.1 Å². The van der Waals surface area contributed by atoms with Crippen molar-refractivity contribution in [1.82, 2.24) is 4.57 Å². The fourth-order valence-electron chi connectivity index (χ4n) is 3.95. The molecule has 0 radical (unpaired) electrons. The highest BCUT2D eigenvalue weighted by atomic mass is 19.1. The highest BCUT2D eigenvalue weighted by Crippen LogP contribution is 2.41. The summed E-state index contributed by atoms with van der Waals surface area (Å²) in [6, 6.07) is 5.09. The molecule has 1 aromatic carbocycles. The van der Waals surface area contributed by atoms with E-state index in [1.54, 1.807) is 12.1 Å². The molecule has 0 amide bonds. The van der Waals surface area contributed by atoms with Gasteiger partial charge >= 0.3 is 0 Å². The number of halogens is 1. The minimum atomic E-state index is -0.161. The van der Waals surface area contributed by atoms with E-state index in [1.165, 1.54) is 36.9 Å². The van der Waals surface area contributed by atoms with E-state index >= 15 is 0 Å². The van der Waals surface area contributed by atoms with Gasteiger partial charge in [0.25, 0.3) is 0 Å². The zero-order chi connectivity index (χ0) is 14.3. The Morgan fingerprint density at radius 3 is 2.70 bits per heavy atom. The highest BCUT2D eigenvalue weighted by molar-refractivity contribution is 5.86. The third-order valence-electron chi connectivity index (χ3n) is 5.10. The van der Waals surface area contributed by atoms with Crippen molar-refractivity contribution in [2.45, 2.75) is 38.5 Å². The minimum absolute atomic E-state index is 0.161. The Labute approximate surface area is 119 Å². The summed E-state index contributed by atoms with van der Waals surface area (Å²) in [5.74, 6) is 0.863. The summed E-state index contributed by atoms with van der Waals surface area (Å²) in [6.45, 7) is 2.78. The normalized spacial score (nSPS) is 18.0. The van der Waals surface area contributed by atoms with Gasteiger partial charge in [-0.05, 0) is 56.0 Å².